The van der Waals surface area contributed by atoms with Gasteiger partial charge in [-0.2, -0.15) is 13.1 Å². The van der Waals surface area contributed by atoms with Gasteiger partial charge in [0.1, 0.15) is 11.0 Å². The molecular weight excluding hydrogens is 348 g/mol. The number of piperidine rings is 1. The number of hydrogen-bond donors (Lipinski definition) is 1. The third-order valence-electron chi connectivity index (χ3n) is 4.90. The Kier molecular flexibility index (Phi) is 3.81. The van der Waals surface area contributed by atoms with Crippen LogP contribution >= 0.6 is 11.7 Å². The van der Waals surface area contributed by atoms with Crippen LogP contribution < -0.4 is 5.32 Å². The molecule has 1 aromatic carbocycles. The second-order valence-electron chi connectivity index (χ2n) is 6.59. The molecule has 2 aliphatic heterocycles. The molecular formula is C15H18N4O3S2. The van der Waals surface area contributed by atoms with Gasteiger partial charge in [0.05, 0.1) is 18.0 Å². The van der Waals surface area contributed by atoms with Crippen LogP contribution in [0.3, 0.4) is 0 Å². The van der Waals surface area contributed by atoms with Crippen molar-refractivity contribution in [1.29, 1.82) is 0 Å². The quantitative estimate of drug-likeness (QED) is 0.886. The highest BCUT2D eigenvalue weighted by atomic mass is 32.2. The number of benzene rings is 1. The van der Waals surface area contributed by atoms with Crippen LogP contribution in [0.15, 0.2) is 18.2 Å². The Bertz CT molecular complexity index is 881. The summed E-state index contributed by atoms with van der Waals surface area (Å²) in [5.41, 5.74) is 2.07. The van der Waals surface area contributed by atoms with Crippen LogP contribution in [-0.4, -0.2) is 51.8 Å². The summed E-state index contributed by atoms with van der Waals surface area (Å²) in [6, 6.07) is 5.32. The molecule has 2 aliphatic rings. The van der Waals surface area contributed by atoms with Crippen LogP contribution in [0.4, 0.5) is 0 Å². The van der Waals surface area contributed by atoms with E-state index in [9.17, 15) is 13.2 Å². The number of fused-ring (bicyclic) bond motifs is 3. The van der Waals surface area contributed by atoms with Crippen LogP contribution in [0.2, 0.25) is 0 Å². The SMILES string of the molecule is CS(=O)(=O)N1C2CCC1CC(NC(=O)c1ccc3nsnc3c1)C2. The maximum Gasteiger partial charge on any atom is 0.251 e. The summed E-state index contributed by atoms with van der Waals surface area (Å²) in [6.45, 7) is 0. The highest BCUT2D eigenvalue weighted by Crippen LogP contribution is 2.37. The number of nitrogens with one attached hydrogen (secondary N) is 1. The summed E-state index contributed by atoms with van der Waals surface area (Å²) in [7, 11) is -3.18. The Labute approximate surface area is 144 Å². The second-order valence-corrected chi connectivity index (χ2v) is 9.00. The van der Waals surface area contributed by atoms with Crippen LogP contribution in [0.1, 0.15) is 36.0 Å². The summed E-state index contributed by atoms with van der Waals surface area (Å²) >= 11 is 1.13. The first kappa shape index (κ1) is 15.9. The van der Waals surface area contributed by atoms with Gasteiger partial charge in [0.25, 0.3) is 5.91 Å². The lowest BCUT2D eigenvalue weighted by Gasteiger charge is -2.37. The molecule has 2 atom stereocenters. The molecule has 2 fully saturated rings. The molecule has 0 spiro atoms. The third-order valence-corrected chi connectivity index (χ3v) is 6.82. The standard InChI is InChI=1S/C15H18N4O3S2/c1-24(21,22)19-11-3-4-12(19)8-10(7-11)16-15(20)9-2-5-13-14(6-9)18-23-17-13/h2,5-6,10-12H,3-4,7-8H2,1H3,(H,16,20). The van der Waals surface area contributed by atoms with E-state index in [-0.39, 0.29) is 24.0 Å². The average Bonchev–Trinajstić information content (AvgIpc) is 3.09. The van der Waals surface area contributed by atoms with Crippen molar-refractivity contribution >= 4 is 38.7 Å². The second kappa shape index (κ2) is 5.75. The number of aromatic nitrogens is 2. The van der Waals surface area contributed by atoms with E-state index in [4.69, 9.17) is 0 Å². The summed E-state index contributed by atoms with van der Waals surface area (Å²) in [6.07, 6.45) is 4.38. The van der Waals surface area contributed by atoms with Gasteiger partial charge in [-0.15, -0.1) is 0 Å². The van der Waals surface area contributed by atoms with Gasteiger partial charge >= 0.3 is 0 Å². The molecule has 0 aliphatic carbocycles. The van der Waals surface area contributed by atoms with Gasteiger partial charge in [-0.3, -0.25) is 4.79 Å². The number of carbonyl (C=O) groups is 1. The Morgan fingerprint density at radius 1 is 1.21 bits per heavy atom. The first-order valence-corrected chi connectivity index (χ1v) is 10.5. The van der Waals surface area contributed by atoms with Gasteiger partial charge in [0.15, 0.2) is 0 Å². The minimum absolute atomic E-state index is 0.00858. The number of carbonyl (C=O) groups excluding carboxylic acids is 1. The van der Waals surface area contributed by atoms with E-state index in [0.29, 0.717) is 18.4 Å². The van der Waals surface area contributed by atoms with Crippen molar-refractivity contribution in [1.82, 2.24) is 18.4 Å². The highest BCUT2D eigenvalue weighted by molar-refractivity contribution is 7.88. The van der Waals surface area contributed by atoms with Crippen molar-refractivity contribution in [2.45, 2.75) is 43.8 Å². The van der Waals surface area contributed by atoms with Gasteiger partial charge in [-0.25, -0.2) is 8.42 Å². The van der Waals surface area contributed by atoms with Gasteiger partial charge < -0.3 is 5.32 Å². The third kappa shape index (κ3) is 2.80. The molecule has 0 radical (unpaired) electrons. The van der Waals surface area contributed by atoms with Crippen LogP contribution in [0, 0.1) is 0 Å². The van der Waals surface area contributed by atoms with Crippen molar-refractivity contribution in [2.24, 2.45) is 0 Å². The first-order chi connectivity index (χ1) is 11.4. The van der Waals surface area contributed by atoms with Crippen LogP contribution in [-0.2, 0) is 10.0 Å². The van der Waals surface area contributed by atoms with E-state index in [1.165, 1.54) is 6.26 Å². The lowest BCUT2D eigenvalue weighted by atomic mass is 9.99. The van der Waals surface area contributed by atoms with E-state index in [1.54, 1.807) is 22.5 Å². The van der Waals surface area contributed by atoms with Gasteiger partial charge in [-0.1, -0.05) is 0 Å². The number of sulfonamides is 1. The van der Waals surface area contributed by atoms with Crippen molar-refractivity contribution in [3.63, 3.8) is 0 Å². The number of rotatable bonds is 3. The smallest absolute Gasteiger partial charge is 0.251 e. The average molecular weight is 366 g/mol. The number of nitrogens with zero attached hydrogens (tertiary/aromatic N) is 3. The first-order valence-electron chi connectivity index (χ1n) is 7.93. The van der Waals surface area contributed by atoms with Gasteiger partial charge in [0, 0.05) is 23.7 Å². The Hall–Kier alpha value is -1.58. The Morgan fingerprint density at radius 2 is 1.88 bits per heavy atom. The molecule has 24 heavy (non-hydrogen) atoms. The molecule has 128 valence electrons. The molecule has 4 rings (SSSR count). The zero-order valence-electron chi connectivity index (χ0n) is 13.2. The van der Waals surface area contributed by atoms with Crippen molar-refractivity contribution in [2.75, 3.05) is 6.26 Å². The van der Waals surface area contributed by atoms with Crippen LogP contribution in [0.25, 0.3) is 11.0 Å². The maximum atomic E-state index is 12.5. The van der Waals surface area contributed by atoms with Crippen molar-refractivity contribution < 1.29 is 13.2 Å². The van der Waals surface area contributed by atoms with E-state index < -0.39 is 10.0 Å². The molecule has 1 amide bonds. The number of hydrogen-bond acceptors (Lipinski definition) is 6. The molecule has 7 nitrogen and oxygen atoms in total. The number of amides is 1. The van der Waals surface area contributed by atoms with E-state index in [1.807, 2.05) is 0 Å². The van der Waals surface area contributed by atoms with Gasteiger partial charge in [0.2, 0.25) is 10.0 Å². The topological polar surface area (TPSA) is 92.3 Å². The summed E-state index contributed by atoms with van der Waals surface area (Å²) in [5.74, 6) is -0.137. The summed E-state index contributed by atoms with van der Waals surface area (Å²) in [5, 5.41) is 3.06. The van der Waals surface area contributed by atoms with E-state index in [0.717, 1.165) is 35.6 Å². The predicted molar refractivity (Wildman–Crippen MR) is 91.4 cm³/mol. The fourth-order valence-corrected chi connectivity index (χ4v) is 5.97. The van der Waals surface area contributed by atoms with E-state index in [2.05, 4.69) is 14.1 Å². The largest absolute Gasteiger partial charge is 0.349 e. The van der Waals surface area contributed by atoms with Crippen molar-refractivity contribution in [3.05, 3.63) is 23.8 Å². The Morgan fingerprint density at radius 3 is 2.54 bits per heavy atom. The molecule has 2 unspecified atom stereocenters. The zero-order valence-corrected chi connectivity index (χ0v) is 14.8. The maximum absolute atomic E-state index is 12.5. The minimum Gasteiger partial charge on any atom is -0.349 e. The molecule has 2 aromatic rings. The molecule has 1 aromatic heterocycles. The lowest BCUT2D eigenvalue weighted by Crippen LogP contribution is -2.52. The Balaban J connectivity index is 1.47. The monoisotopic (exact) mass is 366 g/mol. The fraction of sp³-hybridized carbons (Fsp3) is 0.533. The normalized spacial score (nSPS) is 27.5. The summed E-state index contributed by atoms with van der Waals surface area (Å²) < 4.78 is 33.8. The summed E-state index contributed by atoms with van der Waals surface area (Å²) in [4.78, 5) is 12.5. The minimum atomic E-state index is -3.18. The molecule has 0 saturated carbocycles. The van der Waals surface area contributed by atoms with Gasteiger partial charge in [-0.05, 0) is 43.9 Å². The predicted octanol–water partition coefficient (Wildman–Crippen LogP) is 1.38. The molecule has 9 heteroatoms. The lowest BCUT2D eigenvalue weighted by molar-refractivity contribution is 0.0909. The van der Waals surface area contributed by atoms with E-state index >= 15 is 0 Å². The zero-order chi connectivity index (χ0) is 16.9. The molecule has 3 heterocycles. The highest BCUT2D eigenvalue weighted by Gasteiger charge is 2.45. The van der Waals surface area contributed by atoms with Crippen LogP contribution in [0.5, 0.6) is 0 Å². The fourth-order valence-electron chi connectivity index (χ4n) is 3.99. The molecule has 2 bridgehead atoms. The molecule has 1 N–H and O–H groups in total. The molecule has 2 saturated heterocycles. The van der Waals surface area contributed by atoms with Crippen molar-refractivity contribution in [3.8, 4) is 0 Å².